The van der Waals surface area contributed by atoms with Crippen molar-refractivity contribution in [1.82, 2.24) is 58.5 Å². The molecule has 0 heterocycles. The highest BCUT2D eigenvalue weighted by Gasteiger charge is 2.35. The minimum Gasteiger partial charge on any atom is -0.508 e. The highest BCUT2D eigenvalue weighted by atomic mass is 32.2. The zero-order valence-electron chi connectivity index (χ0n) is 57.0. The molecule has 0 saturated heterocycles. The maximum atomic E-state index is 14.6. The summed E-state index contributed by atoms with van der Waals surface area (Å²) < 4.78 is 0. The number of thioether (sulfide) groups is 2. The van der Waals surface area contributed by atoms with Crippen LogP contribution in [0.25, 0.3) is 0 Å². The lowest BCUT2D eigenvalue weighted by Gasteiger charge is -2.27. The number of carbonyl (C=O) groups excluding carboxylic acids is 13. The fourth-order valence-corrected chi connectivity index (χ4v) is 11.0. The van der Waals surface area contributed by atoms with E-state index in [1.807, 2.05) is 20.1 Å². The molecule has 0 aliphatic rings. The maximum Gasteiger partial charge on any atom is 0.243 e. The number of primary amides is 2. The van der Waals surface area contributed by atoms with E-state index in [0.717, 1.165) is 0 Å². The zero-order chi connectivity index (χ0) is 73.4. The predicted octanol–water partition coefficient (Wildman–Crippen LogP) is -2.08. The van der Waals surface area contributed by atoms with Crippen LogP contribution >= 0.6 is 23.5 Å². The fourth-order valence-electron chi connectivity index (χ4n) is 10.0. The molecule has 32 heteroatoms. The summed E-state index contributed by atoms with van der Waals surface area (Å²) >= 11 is 2.78. The lowest BCUT2D eigenvalue weighted by Crippen LogP contribution is -2.59. The van der Waals surface area contributed by atoms with E-state index in [1.165, 1.54) is 42.6 Å². The van der Waals surface area contributed by atoms with E-state index in [1.54, 1.807) is 79.1 Å². The van der Waals surface area contributed by atoms with E-state index < -0.39 is 157 Å². The van der Waals surface area contributed by atoms with Crippen LogP contribution in [0.3, 0.4) is 0 Å². The van der Waals surface area contributed by atoms with Gasteiger partial charge in [-0.2, -0.15) is 23.5 Å². The van der Waals surface area contributed by atoms with Crippen molar-refractivity contribution >= 4 is 100 Å². The average Bonchev–Trinajstić information content (AvgIpc) is 0.890. The Bertz CT molecular complexity index is 3100. The molecule has 22 N–H and O–H groups in total. The number of phenols is 1. The van der Waals surface area contributed by atoms with Gasteiger partial charge in [0, 0.05) is 19.3 Å². The van der Waals surface area contributed by atoms with Crippen LogP contribution in [-0.4, -0.2) is 193 Å². The number of benzene rings is 3. The molecular formula is C67H102N16O14S2. The molecule has 3 rings (SSSR count). The van der Waals surface area contributed by atoms with Gasteiger partial charge in [0.1, 0.15) is 60.1 Å². The van der Waals surface area contributed by atoms with Gasteiger partial charge in [0.05, 0.1) is 19.1 Å². The van der Waals surface area contributed by atoms with E-state index in [0.29, 0.717) is 60.4 Å². The average molecular weight is 1420 g/mol. The van der Waals surface area contributed by atoms with Gasteiger partial charge in [0.2, 0.25) is 76.8 Å². The normalized spacial score (nSPS) is 14.1. The van der Waals surface area contributed by atoms with Crippen LogP contribution in [0.15, 0.2) is 84.9 Å². The summed E-state index contributed by atoms with van der Waals surface area (Å²) in [5.41, 5.74) is 30.5. The van der Waals surface area contributed by atoms with Crippen molar-refractivity contribution in [3.8, 4) is 5.75 Å². The minimum atomic E-state index is -1.56. The third kappa shape index (κ3) is 33.5. The molecule has 3 aromatic rings. The highest BCUT2D eigenvalue weighted by Crippen LogP contribution is 2.14. The lowest BCUT2D eigenvalue weighted by atomic mass is 10.0. The summed E-state index contributed by atoms with van der Waals surface area (Å²) in [7, 11) is 0. The standard InChI is InChI=1S/C67H102N16O14S2/c1-40(2)34-52(66(96)78-47(58(72)88)28-32-98-4)77-57(87)39-74-62(92)53(36-42-16-8-6-9-17-42)82-67(97)54(37-43-18-10-7-11-19-43)83-64(94)50(26-27-55(71)85)81-65(95)51(29-33-99-5)76-56(86)38-73-61(91)48(20-12-14-30-68)79-59(89)41(3)75-63(93)49(21-13-15-31-69)80-60(90)46(70)35-44-22-24-45(84)25-23-44/h6-11,16-19,22-25,40-41,46-54,84H,12-15,20-21,26-39,68-70H2,1-5H3,(H2,71,85)(H2,72,88)(H,73,91)(H,74,92)(H,75,93)(H,76,86)(H,77,87)(H,78,96)(H,79,89)(H,80,90)(H,81,95)(H,82,97)(H,83,94)/t41-,46-,47-,48-,49-,50-,51-,52-,53-,54-/m0/s1. The Hall–Kier alpha value is -8.85. The molecule has 99 heavy (non-hydrogen) atoms. The first-order chi connectivity index (χ1) is 47.2. The second kappa shape index (κ2) is 46.4. The molecule has 0 aliphatic heterocycles. The lowest BCUT2D eigenvalue weighted by molar-refractivity contribution is -0.135. The number of amides is 13. The Balaban J connectivity index is 1.81. The molecule has 30 nitrogen and oxygen atoms in total. The van der Waals surface area contributed by atoms with E-state index >= 15 is 0 Å². The van der Waals surface area contributed by atoms with E-state index in [-0.39, 0.29) is 76.0 Å². The van der Waals surface area contributed by atoms with E-state index in [2.05, 4.69) is 58.5 Å². The van der Waals surface area contributed by atoms with Gasteiger partial charge < -0.3 is 92.3 Å². The molecule has 0 spiro atoms. The van der Waals surface area contributed by atoms with Crippen molar-refractivity contribution in [2.24, 2.45) is 34.6 Å². The summed E-state index contributed by atoms with van der Waals surface area (Å²) in [6, 6.07) is 10.7. The SMILES string of the molecule is CSCC[C@H](NC(=O)[C@H](CC(C)C)NC(=O)CNC(=O)[C@H](Cc1ccccc1)NC(=O)[C@H](Cc1ccccc1)NC(=O)[C@H](CCC(N)=O)NC(=O)[C@H](CCSC)NC(=O)CNC(=O)[C@H](CCCCN)NC(=O)[C@H](C)NC(=O)[C@H](CCCCN)NC(=O)[C@@H](N)Cc1ccc(O)cc1)C(N)=O. The van der Waals surface area contributed by atoms with Crippen LogP contribution in [0.1, 0.15) is 108 Å². The van der Waals surface area contributed by atoms with Crippen molar-refractivity contribution in [1.29, 1.82) is 0 Å². The molecule has 0 aromatic heterocycles. The van der Waals surface area contributed by atoms with E-state index in [9.17, 15) is 67.4 Å². The number of rotatable bonds is 48. The molecule has 3 aromatic carbocycles. The largest absolute Gasteiger partial charge is 0.508 e. The number of nitrogens with two attached hydrogens (primary N) is 5. The monoisotopic (exact) mass is 1420 g/mol. The Morgan fingerprint density at radius 1 is 0.414 bits per heavy atom. The Morgan fingerprint density at radius 2 is 0.798 bits per heavy atom. The van der Waals surface area contributed by atoms with Gasteiger partial charge in [-0.05, 0) is 149 Å². The second-order valence-electron chi connectivity index (χ2n) is 24.3. The van der Waals surface area contributed by atoms with Crippen molar-refractivity contribution in [2.75, 3.05) is 50.2 Å². The molecule has 546 valence electrons. The molecule has 0 fully saturated rings. The number of nitrogens with one attached hydrogen (secondary N) is 11. The van der Waals surface area contributed by atoms with Gasteiger partial charge in [0.15, 0.2) is 0 Å². The molecule has 13 amide bonds. The maximum absolute atomic E-state index is 14.6. The Morgan fingerprint density at radius 3 is 1.28 bits per heavy atom. The number of hydrogen-bond acceptors (Lipinski definition) is 19. The van der Waals surface area contributed by atoms with Gasteiger partial charge in [-0.15, -0.1) is 0 Å². The van der Waals surface area contributed by atoms with Crippen LogP contribution in [0.4, 0.5) is 0 Å². The van der Waals surface area contributed by atoms with Crippen LogP contribution in [0.5, 0.6) is 5.75 Å². The summed E-state index contributed by atoms with van der Waals surface area (Å²) in [5.74, 6) is -9.51. The summed E-state index contributed by atoms with van der Waals surface area (Å²) in [4.78, 5) is 177. The van der Waals surface area contributed by atoms with Gasteiger partial charge >= 0.3 is 0 Å². The van der Waals surface area contributed by atoms with Crippen molar-refractivity contribution in [3.63, 3.8) is 0 Å². The highest BCUT2D eigenvalue weighted by molar-refractivity contribution is 7.98. The quantitative estimate of drug-likeness (QED) is 0.0270. The number of phenolic OH excluding ortho intramolecular Hbond substituents is 1. The predicted molar refractivity (Wildman–Crippen MR) is 378 cm³/mol. The number of hydrogen-bond donors (Lipinski definition) is 17. The van der Waals surface area contributed by atoms with Gasteiger partial charge in [0.25, 0.3) is 0 Å². The summed E-state index contributed by atoms with van der Waals surface area (Å²) in [6.45, 7) is 4.27. The number of carbonyl (C=O) groups is 13. The van der Waals surface area contributed by atoms with E-state index in [4.69, 9.17) is 28.7 Å². The van der Waals surface area contributed by atoms with Crippen molar-refractivity contribution in [2.45, 2.75) is 171 Å². The topological polar surface area (TPSA) is 505 Å². The molecule has 0 unspecified atom stereocenters. The smallest absolute Gasteiger partial charge is 0.243 e. The van der Waals surface area contributed by atoms with Crippen molar-refractivity contribution < 1.29 is 67.4 Å². The molecule has 0 bridgehead atoms. The van der Waals surface area contributed by atoms with Crippen molar-refractivity contribution in [3.05, 3.63) is 102 Å². The van der Waals surface area contributed by atoms with Gasteiger partial charge in [-0.1, -0.05) is 86.6 Å². The zero-order valence-corrected chi connectivity index (χ0v) is 58.7. The second-order valence-corrected chi connectivity index (χ2v) is 26.3. The molecular weight excluding hydrogens is 1320 g/mol. The third-order valence-electron chi connectivity index (χ3n) is 15.5. The molecule has 10 atom stereocenters. The number of aromatic hydroxyl groups is 1. The first-order valence-electron chi connectivity index (χ1n) is 33.0. The van der Waals surface area contributed by atoms with Crippen LogP contribution in [0.2, 0.25) is 0 Å². The molecule has 0 radical (unpaired) electrons. The summed E-state index contributed by atoms with van der Waals surface area (Å²) in [6.07, 6.45) is 5.07. The van der Waals surface area contributed by atoms with Crippen LogP contribution in [0, 0.1) is 5.92 Å². The first-order valence-corrected chi connectivity index (χ1v) is 35.8. The Labute approximate surface area is 586 Å². The Kier molecular flexibility index (Phi) is 39.6. The summed E-state index contributed by atoms with van der Waals surface area (Å²) in [5, 5.41) is 38.3. The first kappa shape index (κ1) is 84.4. The fraction of sp³-hybridized carbons (Fsp3) is 0.537. The van der Waals surface area contributed by atoms with Gasteiger partial charge in [-0.25, -0.2) is 0 Å². The number of unbranched alkanes of at least 4 members (excludes halogenated alkanes) is 2. The van der Waals surface area contributed by atoms with Crippen LogP contribution < -0.4 is 87.2 Å². The molecule has 0 saturated carbocycles. The van der Waals surface area contributed by atoms with Gasteiger partial charge in [-0.3, -0.25) is 62.3 Å². The third-order valence-corrected chi connectivity index (χ3v) is 16.8. The molecule has 0 aliphatic carbocycles. The van der Waals surface area contributed by atoms with Crippen LogP contribution in [-0.2, 0) is 81.6 Å². The minimum absolute atomic E-state index is 0.00230.